The van der Waals surface area contributed by atoms with E-state index in [2.05, 4.69) is 24.5 Å². The quantitative estimate of drug-likeness (QED) is 0.834. The maximum absolute atomic E-state index is 12.2. The van der Waals surface area contributed by atoms with Crippen molar-refractivity contribution in [1.82, 2.24) is 5.32 Å². The lowest BCUT2D eigenvalue weighted by Gasteiger charge is -2.19. The molecule has 5 nitrogen and oxygen atoms in total. The Kier molecular flexibility index (Phi) is 5.81. The summed E-state index contributed by atoms with van der Waals surface area (Å²) in [6.07, 6.45) is 0.952. The summed E-state index contributed by atoms with van der Waals surface area (Å²) in [5.41, 5.74) is 1.96. The third kappa shape index (κ3) is 5.32. The Bertz CT molecular complexity index is 656. The van der Waals surface area contributed by atoms with Crippen molar-refractivity contribution in [2.24, 2.45) is 0 Å². The molecule has 1 amide bonds. The topological polar surface area (TPSA) is 75.3 Å². The Morgan fingerprint density at radius 1 is 1.26 bits per heavy atom. The number of carbonyl (C=O) groups excluding carboxylic acids is 1. The van der Waals surface area contributed by atoms with Gasteiger partial charge in [-0.25, -0.2) is 8.42 Å². The van der Waals surface area contributed by atoms with Gasteiger partial charge in [0.15, 0.2) is 9.84 Å². The number of nitrogens with one attached hydrogen (secondary N) is 2. The normalized spacial score (nSPS) is 21.3. The van der Waals surface area contributed by atoms with Crippen molar-refractivity contribution in [3.05, 3.63) is 29.8 Å². The van der Waals surface area contributed by atoms with E-state index in [1.807, 2.05) is 31.2 Å². The van der Waals surface area contributed by atoms with Crippen LogP contribution in [0.4, 0.5) is 5.69 Å². The minimum atomic E-state index is -2.90. The second-order valence-corrected chi connectivity index (χ2v) is 8.89. The molecule has 1 aromatic rings. The van der Waals surface area contributed by atoms with Gasteiger partial charge in [0.2, 0.25) is 5.91 Å². The summed E-state index contributed by atoms with van der Waals surface area (Å²) in [5.74, 6) is 0.699. The van der Waals surface area contributed by atoms with E-state index in [-0.39, 0.29) is 29.5 Å². The number of carbonyl (C=O) groups is 1. The molecule has 0 spiro atoms. The van der Waals surface area contributed by atoms with Crippen LogP contribution in [-0.2, 0) is 14.6 Å². The highest BCUT2D eigenvalue weighted by atomic mass is 32.2. The third-order valence-corrected chi connectivity index (χ3v) is 5.87. The summed E-state index contributed by atoms with van der Waals surface area (Å²) in [4.78, 5) is 12.2. The van der Waals surface area contributed by atoms with Crippen molar-refractivity contribution in [1.29, 1.82) is 0 Å². The van der Waals surface area contributed by atoms with Gasteiger partial charge < -0.3 is 10.6 Å². The molecule has 2 rings (SSSR count). The van der Waals surface area contributed by atoms with Gasteiger partial charge in [-0.15, -0.1) is 0 Å². The van der Waals surface area contributed by atoms with Crippen molar-refractivity contribution in [3.8, 4) is 0 Å². The van der Waals surface area contributed by atoms with Crippen LogP contribution in [0.2, 0.25) is 0 Å². The molecule has 0 unspecified atom stereocenters. The van der Waals surface area contributed by atoms with Crippen molar-refractivity contribution in [3.63, 3.8) is 0 Å². The molecule has 0 radical (unpaired) electrons. The van der Waals surface area contributed by atoms with Gasteiger partial charge in [-0.2, -0.15) is 0 Å². The van der Waals surface area contributed by atoms with Crippen LogP contribution in [0.15, 0.2) is 24.3 Å². The maximum Gasteiger partial charge on any atom is 0.225 e. The fourth-order valence-electron chi connectivity index (χ4n) is 2.98. The molecule has 0 aliphatic carbocycles. The smallest absolute Gasteiger partial charge is 0.225 e. The van der Waals surface area contributed by atoms with Gasteiger partial charge >= 0.3 is 0 Å². The highest BCUT2D eigenvalue weighted by Crippen LogP contribution is 2.23. The molecule has 1 saturated heterocycles. The van der Waals surface area contributed by atoms with Crippen molar-refractivity contribution < 1.29 is 13.2 Å². The first kappa shape index (κ1) is 17.9. The van der Waals surface area contributed by atoms with E-state index < -0.39 is 9.84 Å². The van der Waals surface area contributed by atoms with Crippen LogP contribution in [0.25, 0.3) is 0 Å². The summed E-state index contributed by atoms with van der Waals surface area (Å²) in [7, 11) is -2.90. The summed E-state index contributed by atoms with van der Waals surface area (Å²) in [6, 6.07) is 7.72. The van der Waals surface area contributed by atoms with Gasteiger partial charge in [0.1, 0.15) is 0 Å². The number of rotatable bonds is 6. The SMILES string of the molecule is CC(C)c1ccccc1NC(=O)C[C@@H](C)N[C@@H]1CCS(=O)(=O)C1. The molecule has 6 heteroatoms. The minimum absolute atomic E-state index is 0.0363. The number of benzene rings is 1. The highest BCUT2D eigenvalue weighted by Gasteiger charge is 2.28. The second kappa shape index (κ2) is 7.45. The molecule has 1 aliphatic heterocycles. The highest BCUT2D eigenvalue weighted by molar-refractivity contribution is 7.91. The second-order valence-electron chi connectivity index (χ2n) is 6.66. The van der Waals surface area contributed by atoms with Crippen molar-refractivity contribution in [2.75, 3.05) is 16.8 Å². The predicted octanol–water partition coefficient (Wildman–Crippen LogP) is 2.30. The molecule has 1 fully saturated rings. The van der Waals surface area contributed by atoms with Crippen LogP contribution in [0.5, 0.6) is 0 Å². The molecule has 1 aromatic carbocycles. The first-order chi connectivity index (χ1) is 10.8. The first-order valence-electron chi connectivity index (χ1n) is 8.12. The third-order valence-electron chi connectivity index (χ3n) is 4.10. The lowest BCUT2D eigenvalue weighted by atomic mass is 10.0. The van der Waals surface area contributed by atoms with Gasteiger partial charge in [0, 0.05) is 24.2 Å². The Morgan fingerprint density at radius 2 is 1.96 bits per heavy atom. The van der Waals surface area contributed by atoms with Gasteiger partial charge in [0.25, 0.3) is 0 Å². The minimum Gasteiger partial charge on any atom is -0.326 e. The molecular formula is C17H26N2O3S. The van der Waals surface area contributed by atoms with Gasteiger partial charge in [0.05, 0.1) is 11.5 Å². The summed E-state index contributed by atoms with van der Waals surface area (Å²) >= 11 is 0. The molecule has 1 heterocycles. The van der Waals surface area contributed by atoms with Gasteiger partial charge in [-0.05, 0) is 30.9 Å². The number of hydrogen-bond donors (Lipinski definition) is 2. The zero-order valence-corrected chi connectivity index (χ0v) is 14.8. The Labute approximate surface area is 138 Å². The summed E-state index contributed by atoms with van der Waals surface area (Å²) < 4.78 is 22.9. The van der Waals surface area contributed by atoms with Crippen LogP contribution >= 0.6 is 0 Å². The first-order valence-corrected chi connectivity index (χ1v) is 9.94. The van der Waals surface area contributed by atoms with Crippen LogP contribution in [0, 0.1) is 0 Å². The largest absolute Gasteiger partial charge is 0.326 e. The molecule has 23 heavy (non-hydrogen) atoms. The average Bonchev–Trinajstić information content (AvgIpc) is 2.77. The van der Waals surface area contributed by atoms with Crippen molar-refractivity contribution in [2.45, 2.75) is 51.6 Å². The monoisotopic (exact) mass is 338 g/mol. The summed E-state index contributed by atoms with van der Waals surface area (Å²) in [5, 5.41) is 6.22. The van der Waals surface area contributed by atoms with Crippen LogP contribution in [0.3, 0.4) is 0 Å². The molecule has 0 saturated carbocycles. The maximum atomic E-state index is 12.2. The van der Waals surface area contributed by atoms with Crippen LogP contribution in [0.1, 0.15) is 45.1 Å². The number of hydrogen-bond acceptors (Lipinski definition) is 4. The van der Waals surface area contributed by atoms with Gasteiger partial charge in [-0.3, -0.25) is 4.79 Å². The molecule has 1 aliphatic rings. The number of sulfone groups is 1. The molecule has 0 bridgehead atoms. The lowest BCUT2D eigenvalue weighted by Crippen LogP contribution is -2.39. The van der Waals surface area contributed by atoms with E-state index in [9.17, 15) is 13.2 Å². The standard InChI is InChI=1S/C17H26N2O3S/c1-12(2)15-6-4-5-7-16(15)19-17(20)10-13(3)18-14-8-9-23(21,22)11-14/h4-7,12-14,18H,8-11H2,1-3H3,(H,19,20)/t13-,14-/m1/s1. The Hall–Kier alpha value is -1.40. The molecule has 2 N–H and O–H groups in total. The number of para-hydroxylation sites is 1. The fourth-order valence-corrected chi connectivity index (χ4v) is 4.67. The van der Waals surface area contributed by atoms with Crippen LogP contribution < -0.4 is 10.6 Å². The zero-order chi connectivity index (χ0) is 17.0. The van der Waals surface area contributed by atoms with E-state index >= 15 is 0 Å². The zero-order valence-electron chi connectivity index (χ0n) is 14.0. The fraction of sp³-hybridized carbons (Fsp3) is 0.588. The summed E-state index contributed by atoms with van der Waals surface area (Å²) in [6.45, 7) is 6.10. The Morgan fingerprint density at radius 3 is 2.57 bits per heavy atom. The van der Waals surface area contributed by atoms with E-state index in [1.165, 1.54) is 0 Å². The van der Waals surface area contributed by atoms with Gasteiger partial charge in [-0.1, -0.05) is 32.0 Å². The van der Waals surface area contributed by atoms with E-state index in [0.29, 0.717) is 18.8 Å². The average molecular weight is 338 g/mol. The van der Waals surface area contributed by atoms with E-state index in [0.717, 1.165) is 11.3 Å². The molecular weight excluding hydrogens is 312 g/mol. The van der Waals surface area contributed by atoms with Crippen LogP contribution in [-0.4, -0.2) is 37.9 Å². The predicted molar refractivity (Wildman–Crippen MR) is 93.4 cm³/mol. The molecule has 128 valence electrons. The Balaban J connectivity index is 1.87. The van der Waals surface area contributed by atoms with E-state index in [4.69, 9.17) is 0 Å². The molecule has 2 atom stereocenters. The lowest BCUT2D eigenvalue weighted by molar-refractivity contribution is -0.116. The number of amides is 1. The molecule has 0 aromatic heterocycles. The number of anilines is 1. The van der Waals surface area contributed by atoms with E-state index in [1.54, 1.807) is 0 Å². The van der Waals surface area contributed by atoms with Crippen molar-refractivity contribution >= 4 is 21.4 Å².